The van der Waals surface area contributed by atoms with E-state index in [1.54, 1.807) is 17.1 Å². The highest BCUT2D eigenvalue weighted by atomic mass is 35.5. The second kappa shape index (κ2) is 5.93. The summed E-state index contributed by atoms with van der Waals surface area (Å²) in [5.74, 6) is -0.147. The number of rotatable bonds is 3. The summed E-state index contributed by atoms with van der Waals surface area (Å²) < 4.78 is 3.68. The van der Waals surface area contributed by atoms with Crippen molar-refractivity contribution in [1.29, 1.82) is 0 Å². The molecule has 0 bridgehead atoms. The topological polar surface area (TPSA) is 51.9 Å². The molecule has 5 nitrogen and oxygen atoms in total. The molecule has 0 saturated carbocycles. The van der Waals surface area contributed by atoms with Gasteiger partial charge < -0.3 is 9.88 Å². The molecule has 0 aliphatic carbocycles. The second-order valence-electron chi connectivity index (χ2n) is 5.45. The Morgan fingerprint density at radius 1 is 1.22 bits per heavy atom. The van der Waals surface area contributed by atoms with Crippen molar-refractivity contribution >= 4 is 23.2 Å². The Labute approximate surface area is 139 Å². The van der Waals surface area contributed by atoms with Crippen LogP contribution in [0.2, 0.25) is 5.02 Å². The number of anilines is 1. The van der Waals surface area contributed by atoms with Crippen LogP contribution in [0.5, 0.6) is 0 Å². The van der Waals surface area contributed by atoms with Gasteiger partial charge in [0.05, 0.1) is 17.4 Å². The Morgan fingerprint density at radius 2 is 1.91 bits per heavy atom. The van der Waals surface area contributed by atoms with Crippen molar-refractivity contribution in [1.82, 2.24) is 14.3 Å². The number of carbonyl (C=O) groups excluding carboxylic acids is 1. The van der Waals surface area contributed by atoms with Crippen LogP contribution < -0.4 is 5.32 Å². The van der Waals surface area contributed by atoms with Gasteiger partial charge in [0.15, 0.2) is 0 Å². The number of halogens is 1. The van der Waals surface area contributed by atoms with E-state index in [0.717, 1.165) is 17.1 Å². The summed E-state index contributed by atoms with van der Waals surface area (Å²) in [4.78, 5) is 12.5. The molecule has 0 aliphatic rings. The summed E-state index contributed by atoms with van der Waals surface area (Å²) in [6, 6.07) is 9.43. The molecule has 0 fully saturated rings. The normalized spacial score (nSPS) is 10.8. The maximum Gasteiger partial charge on any atom is 0.257 e. The lowest BCUT2D eigenvalue weighted by molar-refractivity contribution is 0.102. The fourth-order valence-corrected chi connectivity index (χ4v) is 2.79. The number of hydrogen-bond donors (Lipinski definition) is 1. The first-order valence-corrected chi connectivity index (χ1v) is 7.58. The maximum absolute atomic E-state index is 12.5. The zero-order chi connectivity index (χ0) is 16.6. The lowest BCUT2D eigenvalue weighted by Crippen LogP contribution is -2.12. The van der Waals surface area contributed by atoms with Crippen molar-refractivity contribution < 1.29 is 4.79 Å². The molecule has 1 aromatic carbocycles. The average molecular weight is 329 g/mol. The molecule has 6 heteroatoms. The fraction of sp³-hybridized carbons (Fsp3) is 0.176. The standard InChI is InChI=1S/C17H17ClN4O/c1-11-8-16(17(23)20-14-9-19-21(3)10-14)12(2)22(11)15-6-4-13(18)5-7-15/h4-10H,1-3H3,(H,20,23). The van der Waals surface area contributed by atoms with E-state index in [1.807, 2.05) is 55.8 Å². The monoisotopic (exact) mass is 328 g/mol. The third kappa shape index (κ3) is 3.00. The molecular formula is C17H17ClN4O. The number of hydrogen-bond acceptors (Lipinski definition) is 2. The molecule has 3 aromatic rings. The van der Waals surface area contributed by atoms with E-state index < -0.39 is 0 Å². The lowest BCUT2D eigenvalue weighted by atomic mass is 10.2. The van der Waals surface area contributed by atoms with Gasteiger partial charge in [-0.05, 0) is 44.2 Å². The van der Waals surface area contributed by atoms with Gasteiger partial charge in [0.2, 0.25) is 0 Å². The zero-order valence-electron chi connectivity index (χ0n) is 13.2. The molecular weight excluding hydrogens is 312 g/mol. The number of aromatic nitrogens is 3. The minimum atomic E-state index is -0.147. The van der Waals surface area contributed by atoms with Gasteiger partial charge in [-0.3, -0.25) is 9.48 Å². The molecule has 23 heavy (non-hydrogen) atoms. The van der Waals surface area contributed by atoms with Gasteiger partial charge >= 0.3 is 0 Å². The van der Waals surface area contributed by atoms with E-state index in [4.69, 9.17) is 11.6 Å². The number of nitrogens with one attached hydrogen (secondary N) is 1. The molecule has 0 saturated heterocycles. The van der Waals surface area contributed by atoms with Gasteiger partial charge in [-0.1, -0.05) is 11.6 Å². The van der Waals surface area contributed by atoms with Crippen LogP contribution in [0.1, 0.15) is 21.7 Å². The first kappa shape index (κ1) is 15.4. The van der Waals surface area contributed by atoms with Gasteiger partial charge in [0.25, 0.3) is 5.91 Å². The van der Waals surface area contributed by atoms with Crippen LogP contribution in [0.15, 0.2) is 42.7 Å². The van der Waals surface area contributed by atoms with Crippen LogP contribution in [0.4, 0.5) is 5.69 Å². The van der Waals surface area contributed by atoms with E-state index >= 15 is 0 Å². The van der Waals surface area contributed by atoms with Gasteiger partial charge in [0, 0.05) is 35.3 Å². The molecule has 0 unspecified atom stereocenters. The minimum Gasteiger partial charge on any atom is -0.319 e. The summed E-state index contributed by atoms with van der Waals surface area (Å²) >= 11 is 5.95. The molecule has 1 N–H and O–H groups in total. The molecule has 118 valence electrons. The highest BCUT2D eigenvalue weighted by Gasteiger charge is 2.17. The second-order valence-corrected chi connectivity index (χ2v) is 5.89. The highest BCUT2D eigenvalue weighted by molar-refractivity contribution is 6.30. The third-order valence-electron chi connectivity index (χ3n) is 3.72. The van der Waals surface area contributed by atoms with Crippen LogP contribution in [0, 0.1) is 13.8 Å². The summed E-state index contributed by atoms with van der Waals surface area (Å²) in [5.41, 5.74) is 4.16. The highest BCUT2D eigenvalue weighted by Crippen LogP contribution is 2.23. The Balaban J connectivity index is 1.94. The first-order chi connectivity index (χ1) is 11.0. The van der Waals surface area contributed by atoms with Crippen LogP contribution >= 0.6 is 11.6 Å². The minimum absolute atomic E-state index is 0.147. The quantitative estimate of drug-likeness (QED) is 0.796. The predicted octanol–water partition coefficient (Wildman–Crippen LogP) is 3.73. The van der Waals surface area contributed by atoms with Crippen molar-refractivity contribution in [2.24, 2.45) is 7.05 Å². The smallest absolute Gasteiger partial charge is 0.257 e. The van der Waals surface area contributed by atoms with E-state index in [1.165, 1.54) is 0 Å². The molecule has 2 heterocycles. The molecule has 2 aromatic heterocycles. The van der Waals surface area contributed by atoms with Crippen molar-refractivity contribution in [2.75, 3.05) is 5.32 Å². The predicted molar refractivity (Wildman–Crippen MR) is 91.4 cm³/mol. The number of nitrogens with zero attached hydrogens (tertiary/aromatic N) is 3. The van der Waals surface area contributed by atoms with Gasteiger partial charge in [0.1, 0.15) is 0 Å². The molecule has 0 radical (unpaired) electrons. The van der Waals surface area contributed by atoms with Crippen LogP contribution in [-0.4, -0.2) is 20.3 Å². The summed E-state index contributed by atoms with van der Waals surface area (Å²) in [6.07, 6.45) is 3.38. The molecule has 3 rings (SSSR count). The number of benzene rings is 1. The Morgan fingerprint density at radius 3 is 2.52 bits per heavy atom. The lowest BCUT2D eigenvalue weighted by Gasteiger charge is -2.10. The molecule has 1 amide bonds. The van der Waals surface area contributed by atoms with Crippen LogP contribution in [0.3, 0.4) is 0 Å². The van der Waals surface area contributed by atoms with Crippen molar-refractivity contribution in [3.05, 3.63) is 64.7 Å². The van der Waals surface area contributed by atoms with Gasteiger partial charge in [-0.15, -0.1) is 0 Å². The number of carbonyl (C=O) groups is 1. The average Bonchev–Trinajstić information content (AvgIpc) is 3.04. The first-order valence-electron chi connectivity index (χ1n) is 7.20. The number of aryl methyl sites for hydroxylation is 2. The van der Waals surface area contributed by atoms with Gasteiger partial charge in [-0.25, -0.2) is 0 Å². The SMILES string of the molecule is Cc1cc(C(=O)Nc2cnn(C)c2)c(C)n1-c1ccc(Cl)cc1. The molecule has 0 atom stereocenters. The Bertz CT molecular complexity index is 861. The van der Waals surface area contributed by atoms with Crippen molar-refractivity contribution in [3.8, 4) is 5.69 Å². The largest absolute Gasteiger partial charge is 0.319 e. The summed E-state index contributed by atoms with van der Waals surface area (Å²) in [5, 5.41) is 7.60. The van der Waals surface area contributed by atoms with Crippen LogP contribution in [0.25, 0.3) is 5.69 Å². The number of amides is 1. The zero-order valence-corrected chi connectivity index (χ0v) is 13.9. The van der Waals surface area contributed by atoms with Crippen molar-refractivity contribution in [2.45, 2.75) is 13.8 Å². The maximum atomic E-state index is 12.5. The van der Waals surface area contributed by atoms with E-state index in [0.29, 0.717) is 16.3 Å². The Hall–Kier alpha value is -2.53. The van der Waals surface area contributed by atoms with E-state index in [2.05, 4.69) is 10.4 Å². The molecule has 0 spiro atoms. The Kier molecular flexibility index (Phi) is 3.96. The molecule has 0 aliphatic heterocycles. The van der Waals surface area contributed by atoms with E-state index in [-0.39, 0.29) is 5.91 Å². The fourth-order valence-electron chi connectivity index (χ4n) is 2.66. The van der Waals surface area contributed by atoms with Gasteiger partial charge in [-0.2, -0.15) is 5.10 Å². The van der Waals surface area contributed by atoms with Crippen LogP contribution in [-0.2, 0) is 7.05 Å². The summed E-state index contributed by atoms with van der Waals surface area (Å²) in [6.45, 7) is 3.90. The van der Waals surface area contributed by atoms with Crippen molar-refractivity contribution in [3.63, 3.8) is 0 Å². The summed E-state index contributed by atoms with van der Waals surface area (Å²) in [7, 11) is 1.81. The third-order valence-corrected chi connectivity index (χ3v) is 3.98. The van der Waals surface area contributed by atoms with E-state index in [9.17, 15) is 4.79 Å².